The van der Waals surface area contributed by atoms with E-state index >= 15 is 0 Å². The van der Waals surface area contributed by atoms with Crippen LogP contribution < -0.4 is 5.32 Å². The molecule has 1 rings (SSSR count). The lowest BCUT2D eigenvalue weighted by molar-refractivity contribution is 0.0528. The van der Waals surface area contributed by atoms with E-state index in [9.17, 15) is 9.59 Å². The third kappa shape index (κ3) is 6.97. The van der Waals surface area contributed by atoms with Crippen molar-refractivity contribution >= 4 is 12.1 Å². The Balaban J connectivity index is 2.42. The zero-order valence-corrected chi connectivity index (χ0v) is 12.3. The fraction of sp³-hybridized carbons (Fsp3) is 0.400. The molecule has 0 aliphatic rings. The molecule has 0 fully saturated rings. The van der Waals surface area contributed by atoms with Crippen LogP contribution in [0.25, 0.3) is 0 Å². The van der Waals surface area contributed by atoms with Crippen molar-refractivity contribution in [1.29, 1.82) is 0 Å². The lowest BCUT2D eigenvalue weighted by Gasteiger charge is -2.19. The van der Waals surface area contributed by atoms with Crippen molar-refractivity contribution in [2.45, 2.75) is 32.8 Å². The summed E-state index contributed by atoms with van der Waals surface area (Å²) >= 11 is 0. The van der Waals surface area contributed by atoms with Gasteiger partial charge < -0.3 is 15.2 Å². The molecule has 0 radical (unpaired) electrons. The van der Waals surface area contributed by atoms with E-state index in [1.807, 2.05) is 0 Å². The van der Waals surface area contributed by atoms with Gasteiger partial charge in [-0.1, -0.05) is 5.92 Å². The van der Waals surface area contributed by atoms with E-state index in [0.29, 0.717) is 18.7 Å². The fourth-order valence-electron chi connectivity index (χ4n) is 1.33. The maximum absolute atomic E-state index is 11.4. The normalized spacial score (nSPS) is 10.2. The molecule has 6 heteroatoms. The van der Waals surface area contributed by atoms with E-state index in [0.717, 1.165) is 0 Å². The minimum absolute atomic E-state index is 0.140. The number of carbonyl (C=O) groups is 2. The lowest BCUT2D eigenvalue weighted by Crippen LogP contribution is -2.32. The highest BCUT2D eigenvalue weighted by Crippen LogP contribution is 2.06. The monoisotopic (exact) mass is 290 g/mol. The van der Waals surface area contributed by atoms with Crippen molar-refractivity contribution in [3.05, 3.63) is 29.6 Å². The second-order valence-electron chi connectivity index (χ2n) is 5.22. The molecular formula is C15H18N2O4. The standard InChI is InChI=1S/C15H18N2O4/c1-15(2,3)21-14(20)17-8-5-4-6-12-10-11(13(18)19)7-9-16-12/h7,9-10H,5,8H2,1-3H3,(H,17,20)(H,18,19). The molecule has 1 aromatic heterocycles. The molecule has 1 amide bonds. The number of amides is 1. The second-order valence-corrected chi connectivity index (χ2v) is 5.22. The van der Waals surface area contributed by atoms with Gasteiger partial charge in [-0.15, -0.1) is 0 Å². The summed E-state index contributed by atoms with van der Waals surface area (Å²) in [6.45, 7) is 5.70. The third-order valence-corrected chi connectivity index (χ3v) is 2.14. The van der Waals surface area contributed by atoms with Crippen molar-refractivity contribution in [2.75, 3.05) is 6.54 Å². The van der Waals surface area contributed by atoms with Gasteiger partial charge in [0.15, 0.2) is 0 Å². The maximum atomic E-state index is 11.4. The molecule has 0 saturated heterocycles. The SMILES string of the molecule is CC(C)(C)OC(=O)NCCC#Cc1cc(C(=O)O)ccn1. The van der Waals surface area contributed by atoms with Gasteiger partial charge in [0.2, 0.25) is 0 Å². The van der Waals surface area contributed by atoms with Crippen LogP contribution in [-0.4, -0.2) is 34.3 Å². The Hall–Kier alpha value is -2.55. The molecule has 0 spiro atoms. The predicted molar refractivity (Wildman–Crippen MR) is 76.9 cm³/mol. The smallest absolute Gasteiger partial charge is 0.407 e. The first-order valence-corrected chi connectivity index (χ1v) is 6.43. The third-order valence-electron chi connectivity index (χ3n) is 2.14. The summed E-state index contributed by atoms with van der Waals surface area (Å²) in [6, 6.07) is 2.80. The van der Waals surface area contributed by atoms with Crippen LogP contribution in [0.1, 0.15) is 43.2 Å². The lowest BCUT2D eigenvalue weighted by atomic mass is 10.2. The van der Waals surface area contributed by atoms with Crippen molar-refractivity contribution in [3.8, 4) is 11.8 Å². The molecular weight excluding hydrogens is 272 g/mol. The number of nitrogens with zero attached hydrogens (tertiary/aromatic N) is 1. The van der Waals surface area contributed by atoms with Gasteiger partial charge in [-0.2, -0.15) is 0 Å². The number of alkyl carbamates (subject to hydrolysis) is 1. The van der Waals surface area contributed by atoms with E-state index in [1.54, 1.807) is 20.8 Å². The van der Waals surface area contributed by atoms with E-state index in [2.05, 4.69) is 22.1 Å². The van der Waals surface area contributed by atoms with E-state index in [-0.39, 0.29) is 5.56 Å². The highest BCUT2D eigenvalue weighted by Gasteiger charge is 2.15. The fourth-order valence-corrected chi connectivity index (χ4v) is 1.33. The first kappa shape index (κ1) is 16.5. The average molecular weight is 290 g/mol. The molecule has 0 bridgehead atoms. The molecule has 6 nitrogen and oxygen atoms in total. The van der Waals surface area contributed by atoms with Crippen LogP contribution in [0.3, 0.4) is 0 Å². The molecule has 0 atom stereocenters. The first-order chi connectivity index (χ1) is 9.78. The maximum Gasteiger partial charge on any atom is 0.407 e. The van der Waals surface area contributed by atoms with Gasteiger partial charge in [0.1, 0.15) is 11.3 Å². The van der Waals surface area contributed by atoms with Crippen LogP contribution in [0.2, 0.25) is 0 Å². The van der Waals surface area contributed by atoms with Crippen LogP contribution in [0, 0.1) is 11.8 Å². The van der Waals surface area contributed by atoms with Gasteiger partial charge in [0, 0.05) is 19.2 Å². The summed E-state index contributed by atoms with van der Waals surface area (Å²) in [5, 5.41) is 11.4. The van der Waals surface area contributed by atoms with Crippen LogP contribution >= 0.6 is 0 Å². The van der Waals surface area contributed by atoms with Crippen LogP contribution in [-0.2, 0) is 4.74 Å². The Labute approximate surface area is 123 Å². The number of aromatic carboxylic acids is 1. The molecule has 2 N–H and O–H groups in total. The number of hydrogen-bond donors (Lipinski definition) is 2. The summed E-state index contributed by atoms with van der Waals surface area (Å²) in [5.74, 6) is 4.53. The van der Waals surface area contributed by atoms with Crippen LogP contribution in [0.4, 0.5) is 4.79 Å². The first-order valence-electron chi connectivity index (χ1n) is 6.43. The Morgan fingerprint density at radius 2 is 2.14 bits per heavy atom. The average Bonchev–Trinajstić information content (AvgIpc) is 2.36. The van der Waals surface area contributed by atoms with Crippen molar-refractivity contribution in [3.63, 3.8) is 0 Å². The van der Waals surface area contributed by atoms with Crippen molar-refractivity contribution < 1.29 is 19.4 Å². The zero-order valence-electron chi connectivity index (χ0n) is 12.3. The molecule has 112 valence electrons. The second kappa shape index (κ2) is 7.29. The van der Waals surface area contributed by atoms with Gasteiger partial charge in [0.25, 0.3) is 0 Å². The highest BCUT2D eigenvalue weighted by molar-refractivity contribution is 5.87. The van der Waals surface area contributed by atoms with Crippen LogP contribution in [0.15, 0.2) is 18.3 Å². The Morgan fingerprint density at radius 1 is 1.43 bits per heavy atom. The topological polar surface area (TPSA) is 88.5 Å². The molecule has 21 heavy (non-hydrogen) atoms. The zero-order chi connectivity index (χ0) is 15.9. The molecule has 0 aromatic carbocycles. The van der Waals surface area contributed by atoms with Gasteiger partial charge in [-0.05, 0) is 38.8 Å². The minimum atomic E-state index is -1.02. The van der Waals surface area contributed by atoms with E-state index in [1.165, 1.54) is 18.3 Å². The van der Waals surface area contributed by atoms with Crippen molar-refractivity contribution in [1.82, 2.24) is 10.3 Å². The van der Waals surface area contributed by atoms with Gasteiger partial charge in [-0.25, -0.2) is 14.6 Å². The summed E-state index contributed by atoms with van der Waals surface area (Å²) < 4.78 is 5.07. The molecule has 0 aliphatic carbocycles. The number of carboxylic acids is 1. The number of rotatable bonds is 3. The molecule has 0 unspecified atom stereocenters. The van der Waals surface area contributed by atoms with Gasteiger partial charge in [0.05, 0.1) is 5.56 Å². The van der Waals surface area contributed by atoms with Crippen molar-refractivity contribution in [2.24, 2.45) is 0 Å². The minimum Gasteiger partial charge on any atom is -0.478 e. The number of ether oxygens (including phenoxy) is 1. The Morgan fingerprint density at radius 3 is 2.76 bits per heavy atom. The molecule has 0 aliphatic heterocycles. The largest absolute Gasteiger partial charge is 0.478 e. The Kier molecular flexibility index (Phi) is 5.73. The van der Waals surface area contributed by atoms with E-state index in [4.69, 9.17) is 9.84 Å². The number of aromatic nitrogens is 1. The molecule has 1 aromatic rings. The summed E-state index contributed by atoms with van der Waals surface area (Å²) in [4.78, 5) is 26.1. The van der Waals surface area contributed by atoms with Gasteiger partial charge >= 0.3 is 12.1 Å². The van der Waals surface area contributed by atoms with Gasteiger partial charge in [-0.3, -0.25) is 0 Å². The van der Waals surface area contributed by atoms with Crippen LogP contribution in [0.5, 0.6) is 0 Å². The quantitative estimate of drug-likeness (QED) is 0.657. The summed E-state index contributed by atoms with van der Waals surface area (Å²) in [5.41, 5.74) is -0.00918. The predicted octanol–water partition coefficient (Wildman–Crippen LogP) is 2.05. The summed E-state index contributed by atoms with van der Waals surface area (Å²) in [7, 11) is 0. The number of pyridine rings is 1. The number of nitrogens with one attached hydrogen (secondary N) is 1. The summed E-state index contributed by atoms with van der Waals surface area (Å²) in [6.07, 6.45) is 1.32. The number of hydrogen-bond acceptors (Lipinski definition) is 4. The van der Waals surface area contributed by atoms with E-state index < -0.39 is 17.7 Å². The highest BCUT2D eigenvalue weighted by atomic mass is 16.6. The molecule has 0 saturated carbocycles. The number of carbonyl (C=O) groups excluding carboxylic acids is 1. The Bertz CT molecular complexity index is 579. The number of carboxylic acid groups (broad SMARTS) is 1. The molecule has 1 heterocycles.